The first-order valence-corrected chi connectivity index (χ1v) is 8.80. The van der Waals surface area contributed by atoms with Crippen LogP contribution in [0.4, 0.5) is 0 Å². The summed E-state index contributed by atoms with van der Waals surface area (Å²) in [5, 5.41) is 4.09. The average Bonchev–Trinajstić information content (AvgIpc) is 2.66. The number of sulfone groups is 1. The van der Waals surface area contributed by atoms with E-state index in [9.17, 15) is 13.2 Å². The minimum atomic E-state index is -3.12. The summed E-state index contributed by atoms with van der Waals surface area (Å²) in [4.78, 5) is 12.2. The molecule has 0 bridgehead atoms. The lowest BCUT2D eigenvalue weighted by atomic mass is 10.1. The molecule has 1 rings (SSSR count). The fourth-order valence-electron chi connectivity index (χ4n) is 1.64. The molecule has 0 aromatic carbocycles. The first kappa shape index (κ1) is 16.3. The van der Waals surface area contributed by atoms with E-state index in [1.807, 2.05) is 6.92 Å². The van der Waals surface area contributed by atoms with Crippen LogP contribution in [0.25, 0.3) is 0 Å². The highest BCUT2D eigenvalue weighted by molar-refractivity contribution is 9.10. The molecule has 1 aromatic heterocycles. The lowest BCUT2D eigenvalue weighted by Crippen LogP contribution is -2.34. The van der Waals surface area contributed by atoms with E-state index < -0.39 is 15.9 Å². The van der Waals surface area contributed by atoms with Gasteiger partial charge in [-0.1, -0.05) is 6.92 Å². The minimum Gasteiger partial charge on any atom is -0.321 e. The van der Waals surface area contributed by atoms with Gasteiger partial charge in [0.05, 0.1) is 22.5 Å². The smallest absolute Gasteiger partial charge is 0.198 e. The number of aryl methyl sites for hydroxylation is 1. The zero-order chi connectivity index (χ0) is 14.6. The van der Waals surface area contributed by atoms with Crippen LogP contribution in [0.3, 0.4) is 0 Å². The van der Waals surface area contributed by atoms with Crippen LogP contribution in [0.15, 0.2) is 10.7 Å². The second kappa shape index (κ2) is 6.62. The molecule has 0 aliphatic heterocycles. The number of hydrogen-bond acceptors (Lipinski definition) is 5. The van der Waals surface area contributed by atoms with Gasteiger partial charge in [0.2, 0.25) is 0 Å². The number of nitrogens with two attached hydrogens (primary N) is 1. The number of nitrogens with zero attached hydrogens (tertiary/aromatic N) is 2. The van der Waals surface area contributed by atoms with Gasteiger partial charge < -0.3 is 5.73 Å². The standard InChI is InChI=1S/C11H18BrN3O3S/c1-3-5-15-10(8(12)7-14-15)11(16)9(13)4-6-19(2,17)18/h7,9H,3-6,13H2,1-2H3. The Bertz CT molecular complexity index is 554. The molecule has 1 unspecified atom stereocenters. The van der Waals surface area contributed by atoms with Crippen molar-refractivity contribution in [3.63, 3.8) is 0 Å². The van der Waals surface area contributed by atoms with Crippen molar-refractivity contribution in [2.45, 2.75) is 32.4 Å². The minimum absolute atomic E-state index is 0.0978. The van der Waals surface area contributed by atoms with Crippen molar-refractivity contribution in [1.82, 2.24) is 9.78 Å². The molecule has 6 nitrogen and oxygen atoms in total. The molecule has 0 saturated carbocycles. The highest BCUT2D eigenvalue weighted by Gasteiger charge is 2.23. The quantitative estimate of drug-likeness (QED) is 0.739. The predicted molar refractivity (Wildman–Crippen MR) is 76.9 cm³/mol. The first-order chi connectivity index (χ1) is 8.76. The molecule has 0 radical (unpaired) electrons. The van der Waals surface area contributed by atoms with E-state index in [0.717, 1.165) is 12.7 Å². The fourth-order valence-corrected chi connectivity index (χ4v) is 2.81. The molecule has 0 fully saturated rings. The lowest BCUT2D eigenvalue weighted by molar-refractivity contribution is 0.0948. The van der Waals surface area contributed by atoms with Crippen LogP contribution in [0, 0.1) is 0 Å². The van der Waals surface area contributed by atoms with Gasteiger partial charge in [-0.3, -0.25) is 9.48 Å². The van der Waals surface area contributed by atoms with Crippen molar-refractivity contribution in [2.75, 3.05) is 12.0 Å². The highest BCUT2D eigenvalue weighted by atomic mass is 79.9. The summed E-state index contributed by atoms with van der Waals surface area (Å²) in [6.45, 7) is 2.60. The molecular weight excluding hydrogens is 334 g/mol. The molecule has 108 valence electrons. The fraction of sp³-hybridized carbons (Fsp3) is 0.636. The van der Waals surface area contributed by atoms with Crippen LogP contribution in [-0.2, 0) is 16.4 Å². The number of hydrogen-bond donors (Lipinski definition) is 1. The summed E-state index contributed by atoms with van der Waals surface area (Å²) in [7, 11) is -3.12. The molecule has 19 heavy (non-hydrogen) atoms. The third kappa shape index (κ3) is 4.70. The third-order valence-electron chi connectivity index (χ3n) is 2.60. The predicted octanol–water partition coefficient (Wildman–Crippen LogP) is 1.00. The first-order valence-electron chi connectivity index (χ1n) is 5.95. The van der Waals surface area contributed by atoms with Crippen LogP contribution in [0.2, 0.25) is 0 Å². The zero-order valence-electron chi connectivity index (χ0n) is 11.0. The number of ketones is 1. The maximum absolute atomic E-state index is 12.2. The van der Waals surface area contributed by atoms with E-state index in [-0.39, 0.29) is 18.0 Å². The van der Waals surface area contributed by atoms with E-state index in [4.69, 9.17) is 5.73 Å². The summed E-state index contributed by atoms with van der Waals surface area (Å²) in [5.74, 6) is -0.388. The van der Waals surface area contributed by atoms with Crippen LogP contribution in [0.5, 0.6) is 0 Å². The van der Waals surface area contributed by atoms with Crippen LogP contribution in [-0.4, -0.2) is 42.0 Å². The maximum atomic E-state index is 12.2. The molecule has 0 aliphatic carbocycles. The van der Waals surface area contributed by atoms with Gasteiger partial charge in [0, 0.05) is 12.8 Å². The molecule has 0 spiro atoms. The molecular formula is C11H18BrN3O3S. The Morgan fingerprint density at radius 3 is 2.74 bits per heavy atom. The molecule has 2 N–H and O–H groups in total. The number of carbonyl (C=O) groups is 1. The molecule has 0 aliphatic rings. The van der Waals surface area contributed by atoms with Gasteiger partial charge in [-0.15, -0.1) is 0 Å². The average molecular weight is 352 g/mol. The zero-order valence-corrected chi connectivity index (χ0v) is 13.4. The third-order valence-corrected chi connectivity index (χ3v) is 4.16. The van der Waals surface area contributed by atoms with Gasteiger partial charge in [-0.05, 0) is 28.8 Å². The van der Waals surface area contributed by atoms with Gasteiger partial charge in [-0.2, -0.15) is 5.10 Å². The van der Waals surface area contributed by atoms with Crippen molar-refractivity contribution in [3.05, 3.63) is 16.4 Å². The largest absolute Gasteiger partial charge is 0.321 e. The monoisotopic (exact) mass is 351 g/mol. The second-order valence-corrected chi connectivity index (χ2v) is 7.57. The number of Topliss-reactive ketones (excluding diaryl/α,β-unsaturated/α-hetero) is 1. The number of carbonyl (C=O) groups excluding carboxylic acids is 1. The Balaban J connectivity index is 2.84. The van der Waals surface area contributed by atoms with Crippen molar-refractivity contribution >= 4 is 31.6 Å². The van der Waals surface area contributed by atoms with Gasteiger partial charge in [0.15, 0.2) is 5.78 Å². The summed E-state index contributed by atoms with van der Waals surface area (Å²) in [6, 6.07) is -0.835. The maximum Gasteiger partial charge on any atom is 0.198 e. The van der Waals surface area contributed by atoms with Crippen molar-refractivity contribution in [2.24, 2.45) is 5.73 Å². The van der Waals surface area contributed by atoms with Crippen molar-refractivity contribution in [1.29, 1.82) is 0 Å². The lowest BCUT2D eigenvalue weighted by Gasteiger charge is -2.12. The van der Waals surface area contributed by atoms with E-state index in [1.165, 1.54) is 0 Å². The second-order valence-electron chi connectivity index (χ2n) is 4.45. The Morgan fingerprint density at radius 2 is 2.21 bits per heavy atom. The molecule has 0 amide bonds. The number of rotatable bonds is 7. The summed E-state index contributed by atoms with van der Waals surface area (Å²) in [6.07, 6.45) is 3.63. The SMILES string of the molecule is CCCn1ncc(Br)c1C(=O)C(N)CCS(C)(=O)=O. The Kier molecular flexibility index (Phi) is 5.69. The Morgan fingerprint density at radius 1 is 1.58 bits per heavy atom. The summed E-state index contributed by atoms with van der Waals surface area (Å²) < 4.78 is 24.3. The van der Waals surface area contributed by atoms with Crippen molar-refractivity contribution in [3.8, 4) is 0 Å². The van der Waals surface area contributed by atoms with E-state index >= 15 is 0 Å². The normalized spacial score (nSPS) is 13.5. The van der Waals surface area contributed by atoms with Crippen LogP contribution >= 0.6 is 15.9 Å². The molecule has 0 saturated heterocycles. The topological polar surface area (TPSA) is 95.0 Å². The van der Waals surface area contributed by atoms with E-state index in [0.29, 0.717) is 16.7 Å². The van der Waals surface area contributed by atoms with Crippen LogP contribution in [0.1, 0.15) is 30.3 Å². The molecule has 1 atom stereocenters. The molecule has 1 heterocycles. The highest BCUT2D eigenvalue weighted by Crippen LogP contribution is 2.18. The van der Waals surface area contributed by atoms with Crippen molar-refractivity contribution < 1.29 is 13.2 Å². The molecule has 8 heteroatoms. The summed E-state index contributed by atoms with van der Waals surface area (Å²) in [5.41, 5.74) is 6.18. The number of halogens is 1. The van der Waals surface area contributed by atoms with Gasteiger partial charge in [0.1, 0.15) is 15.5 Å². The number of aromatic nitrogens is 2. The molecule has 1 aromatic rings. The van der Waals surface area contributed by atoms with Gasteiger partial charge in [-0.25, -0.2) is 8.42 Å². The van der Waals surface area contributed by atoms with Gasteiger partial charge >= 0.3 is 0 Å². The Hall–Kier alpha value is -0.730. The van der Waals surface area contributed by atoms with E-state index in [1.54, 1.807) is 10.9 Å². The Labute approximate surface area is 121 Å². The summed E-state index contributed by atoms with van der Waals surface area (Å²) >= 11 is 3.27. The van der Waals surface area contributed by atoms with E-state index in [2.05, 4.69) is 21.0 Å². The van der Waals surface area contributed by atoms with Gasteiger partial charge in [0.25, 0.3) is 0 Å². The van der Waals surface area contributed by atoms with Crippen LogP contribution < -0.4 is 5.73 Å².